The van der Waals surface area contributed by atoms with Crippen LogP contribution in [0, 0.1) is 17.8 Å². The van der Waals surface area contributed by atoms with Crippen LogP contribution >= 0.6 is 23.5 Å². The average molecular weight is 758 g/mol. The van der Waals surface area contributed by atoms with Gasteiger partial charge in [0.15, 0.2) is 36.1 Å². The lowest BCUT2D eigenvalue weighted by Crippen LogP contribution is -2.41. The molecule has 0 radical (unpaired) electrons. The Morgan fingerprint density at radius 3 is 2.37 bits per heavy atom. The highest BCUT2D eigenvalue weighted by Gasteiger charge is 2.51. The first-order chi connectivity index (χ1) is 22.8. The molecule has 12 unspecified atom stereocenters. The standard InChI is InChI=1S/C23H34N7O16P3/c1-10-2-3-29(5-12(10)21(25)34)13-4-11(16(31)17(13)32)6-42-48(38,39)46-49(40,41)43-7-14-19(45-47(35,36)37)18(33)23(44-14)30-9-28-15-20(24)26-8-27-22(15)30/h2-3,5,8-14,16-19,23,31-33H,4,6-7H2,1H3,(H7-,24,25,26,27,34,35,36,37,38,39,40,41)/p+1. The third-order valence-corrected chi connectivity index (χ3v) is 11.4. The number of hydrogen-bond acceptors (Lipinski definition) is 16. The lowest BCUT2D eigenvalue weighted by atomic mass is 9.92. The first kappa shape index (κ1) is 37.7. The maximum absolute atomic E-state index is 12.7. The minimum Gasteiger partial charge on any atom is -0.390 e. The number of phosphoric acid groups is 3. The van der Waals surface area contributed by atoms with Gasteiger partial charge in [0.05, 0.1) is 25.6 Å². The first-order valence-electron chi connectivity index (χ1n) is 14.4. The van der Waals surface area contributed by atoms with Crippen molar-refractivity contribution in [2.45, 2.75) is 56.1 Å². The summed E-state index contributed by atoms with van der Waals surface area (Å²) in [6, 6.07) is -0.778. The summed E-state index contributed by atoms with van der Waals surface area (Å²) < 4.78 is 63.7. The Bertz CT molecular complexity index is 1770. The Morgan fingerprint density at radius 2 is 1.71 bits per heavy atom. The molecule has 49 heavy (non-hydrogen) atoms. The number of anilines is 1. The monoisotopic (exact) mass is 758 g/mol. The number of carbonyl (C=O) groups excluding carboxylic acids is 1. The number of fused-ring (bicyclic) bond motifs is 1. The van der Waals surface area contributed by atoms with Crippen molar-refractivity contribution in [3.8, 4) is 0 Å². The van der Waals surface area contributed by atoms with E-state index in [4.69, 9.17) is 25.3 Å². The van der Waals surface area contributed by atoms with E-state index < -0.39 is 97.2 Å². The molecular weight excluding hydrogens is 723 g/mol. The molecule has 12 atom stereocenters. The van der Waals surface area contributed by atoms with Gasteiger partial charge in [-0.05, 0) is 6.08 Å². The van der Waals surface area contributed by atoms with E-state index in [0.717, 1.165) is 17.2 Å². The van der Waals surface area contributed by atoms with Crippen molar-refractivity contribution in [3.05, 3.63) is 24.9 Å². The van der Waals surface area contributed by atoms with E-state index in [-0.39, 0.29) is 29.3 Å². The van der Waals surface area contributed by atoms with E-state index >= 15 is 0 Å². The number of aliphatic hydroxyl groups is 3. The van der Waals surface area contributed by atoms with Crippen molar-refractivity contribution in [2.24, 2.45) is 23.5 Å². The van der Waals surface area contributed by atoms with Crippen LogP contribution in [0.3, 0.4) is 0 Å². The fraction of sp³-hybridized carbons (Fsp3) is 0.609. The molecule has 2 fully saturated rings. The van der Waals surface area contributed by atoms with Crippen LogP contribution in [0.2, 0.25) is 0 Å². The first-order valence-corrected chi connectivity index (χ1v) is 18.9. The maximum Gasteiger partial charge on any atom is 0.481 e. The molecule has 272 valence electrons. The van der Waals surface area contributed by atoms with Gasteiger partial charge in [0.1, 0.15) is 42.2 Å². The fourth-order valence-electron chi connectivity index (χ4n) is 5.80. The second-order valence-corrected chi connectivity index (χ2v) is 15.8. The number of aromatic nitrogens is 4. The second-order valence-electron chi connectivity index (χ2n) is 11.6. The van der Waals surface area contributed by atoms with Crippen molar-refractivity contribution >= 4 is 52.6 Å². The summed E-state index contributed by atoms with van der Waals surface area (Å²) in [5.41, 5.74) is 11.3. The van der Waals surface area contributed by atoms with Crippen LogP contribution in [-0.2, 0) is 41.1 Å². The summed E-state index contributed by atoms with van der Waals surface area (Å²) in [7, 11) is -16.2. The molecule has 2 aromatic heterocycles. The molecule has 0 bridgehead atoms. The van der Waals surface area contributed by atoms with Crippen molar-refractivity contribution in [1.82, 2.24) is 19.5 Å². The SMILES string of the molecule is CC1C=C[N+](C2CC(COP(=O)(O)OP(=O)(O)OCC3OC(n4cnc5c(N)ncnc54)C(O)C3OP(=O)(O)O)C(O)C2O)=CC1C(N)=O. The normalized spacial score (nSPS) is 34.5. The maximum atomic E-state index is 12.7. The van der Waals surface area contributed by atoms with Crippen molar-refractivity contribution < 1.29 is 80.6 Å². The number of nitrogen functional groups attached to an aromatic ring is 1. The molecule has 2 aromatic rings. The zero-order chi connectivity index (χ0) is 36.1. The zero-order valence-corrected chi connectivity index (χ0v) is 28.0. The minimum atomic E-state index is -5.52. The summed E-state index contributed by atoms with van der Waals surface area (Å²) in [4.78, 5) is 62.7. The molecule has 3 aliphatic rings. The number of rotatable bonds is 13. The van der Waals surface area contributed by atoms with E-state index in [1.54, 1.807) is 19.2 Å². The molecule has 2 aliphatic heterocycles. The summed E-state index contributed by atoms with van der Waals surface area (Å²) >= 11 is 0. The van der Waals surface area contributed by atoms with E-state index in [1.807, 2.05) is 0 Å². The van der Waals surface area contributed by atoms with Crippen LogP contribution in [0.15, 0.2) is 24.9 Å². The quantitative estimate of drug-likeness (QED) is 0.0776. The van der Waals surface area contributed by atoms with Gasteiger partial charge in [-0.3, -0.25) is 22.9 Å². The molecule has 0 aromatic carbocycles. The molecular formula is C23H35N7O16P3+. The fourth-order valence-corrected chi connectivity index (χ4v) is 8.52. The van der Waals surface area contributed by atoms with Crippen molar-refractivity contribution in [2.75, 3.05) is 18.9 Å². The summed E-state index contributed by atoms with van der Waals surface area (Å²) in [5.74, 6) is -2.51. The Balaban J connectivity index is 1.21. The molecule has 5 rings (SSSR count). The van der Waals surface area contributed by atoms with Crippen LogP contribution in [0.5, 0.6) is 0 Å². The lowest BCUT2D eigenvalue weighted by Gasteiger charge is -2.22. The van der Waals surface area contributed by atoms with Crippen molar-refractivity contribution in [3.63, 3.8) is 0 Å². The Morgan fingerprint density at radius 1 is 1.04 bits per heavy atom. The van der Waals surface area contributed by atoms with Crippen LogP contribution in [-0.4, -0.2) is 121 Å². The predicted octanol–water partition coefficient (Wildman–Crippen LogP) is -2.15. The van der Waals surface area contributed by atoms with Crippen LogP contribution in [0.4, 0.5) is 5.82 Å². The largest absolute Gasteiger partial charge is 0.481 e. The second kappa shape index (κ2) is 14.2. The number of hydrogen-bond donors (Lipinski definition) is 9. The minimum absolute atomic E-state index is 0.00931. The van der Waals surface area contributed by atoms with Crippen LogP contribution in [0.1, 0.15) is 19.6 Å². The van der Waals surface area contributed by atoms with Gasteiger partial charge < -0.3 is 51.1 Å². The molecule has 1 aliphatic carbocycles. The van der Waals surface area contributed by atoms with E-state index in [2.05, 4.69) is 23.8 Å². The van der Waals surface area contributed by atoms with E-state index in [1.165, 1.54) is 10.8 Å². The third kappa shape index (κ3) is 8.50. The Hall–Kier alpha value is -2.56. The van der Waals surface area contributed by atoms with Gasteiger partial charge in [-0.15, -0.1) is 0 Å². The topological polar surface area (TPSA) is 355 Å². The number of aliphatic hydroxyl groups excluding tert-OH is 3. The molecule has 0 spiro atoms. The molecule has 1 saturated heterocycles. The number of phosphoric ester groups is 3. The highest BCUT2D eigenvalue weighted by atomic mass is 31.3. The van der Waals surface area contributed by atoms with Gasteiger partial charge >= 0.3 is 23.5 Å². The Labute approximate surface area is 276 Å². The van der Waals surface area contributed by atoms with Gasteiger partial charge in [-0.2, -0.15) is 4.31 Å². The highest BCUT2D eigenvalue weighted by molar-refractivity contribution is 7.61. The van der Waals surface area contributed by atoms with Gasteiger partial charge in [0.25, 0.3) is 0 Å². The summed E-state index contributed by atoms with van der Waals surface area (Å²) in [5, 5.41) is 32.0. The smallest absolute Gasteiger partial charge is 0.390 e. The number of nitrogens with two attached hydrogens (primary N) is 2. The number of amides is 1. The average Bonchev–Trinajstić information content (AvgIpc) is 3.64. The molecule has 11 N–H and O–H groups in total. The number of carbonyl (C=O) groups is 1. The van der Waals surface area contributed by atoms with Crippen molar-refractivity contribution in [1.29, 1.82) is 0 Å². The number of imidazole rings is 1. The van der Waals surface area contributed by atoms with Gasteiger partial charge in [-0.25, -0.2) is 33.2 Å². The van der Waals surface area contributed by atoms with E-state index in [9.17, 15) is 53.4 Å². The van der Waals surface area contributed by atoms with Crippen LogP contribution in [0.25, 0.3) is 11.2 Å². The molecule has 26 heteroatoms. The molecule has 1 amide bonds. The number of primary amides is 1. The van der Waals surface area contributed by atoms with Gasteiger partial charge in [-0.1, -0.05) is 6.92 Å². The van der Waals surface area contributed by atoms with Gasteiger partial charge in [0.2, 0.25) is 5.91 Å². The lowest BCUT2D eigenvalue weighted by molar-refractivity contribution is -0.510. The molecule has 1 saturated carbocycles. The van der Waals surface area contributed by atoms with Gasteiger partial charge in [0, 0.05) is 18.3 Å². The number of ether oxygens (including phenoxy) is 1. The summed E-state index contributed by atoms with van der Waals surface area (Å²) in [6.45, 7) is -0.0555. The summed E-state index contributed by atoms with van der Waals surface area (Å²) in [6.07, 6.45) is -2.83. The predicted molar refractivity (Wildman–Crippen MR) is 160 cm³/mol. The van der Waals surface area contributed by atoms with Crippen LogP contribution < -0.4 is 11.5 Å². The van der Waals surface area contributed by atoms with E-state index in [0.29, 0.717) is 0 Å². The highest BCUT2D eigenvalue weighted by Crippen LogP contribution is 2.61. The number of nitrogens with zero attached hydrogens (tertiary/aromatic N) is 5. The number of allylic oxidation sites excluding steroid dienone is 1. The third-order valence-electron chi connectivity index (χ3n) is 8.23. The Kier molecular flexibility index (Phi) is 10.9. The zero-order valence-electron chi connectivity index (χ0n) is 25.3. The molecule has 4 heterocycles. The molecule has 23 nitrogen and oxygen atoms in total.